The Morgan fingerprint density at radius 3 is 1.68 bits per heavy atom. The zero-order valence-electron chi connectivity index (χ0n) is 18.7. The van der Waals surface area contributed by atoms with E-state index < -0.39 is 0 Å². The Morgan fingerprint density at radius 1 is 0.588 bits per heavy atom. The second kappa shape index (κ2) is 16.5. The summed E-state index contributed by atoms with van der Waals surface area (Å²) in [4.78, 5) is 0. The summed E-state index contributed by atoms with van der Waals surface area (Å²) in [7, 11) is 0.271. The molecule has 4 heteroatoms. The average Bonchev–Trinajstić information content (AvgIpc) is 3.53. The Balaban J connectivity index is 0.000000264. The molecule has 0 bridgehead atoms. The van der Waals surface area contributed by atoms with Crippen LogP contribution in [0.2, 0.25) is 0 Å². The van der Waals surface area contributed by atoms with Crippen LogP contribution in [0, 0.1) is 6.07 Å². The molecule has 5 aromatic rings. The van der Waals surface area contributed by atoms with Gasteiger partial charge in [-0.05, 0) is 6.42 Å². The first-order chi connectivity index (χ1) is 15.4. The van der Waals surface area contributed by atoms with Gasteiger partial charge in [0.2, 0.25) is 0 Å². The fourth-order valence-electron chi connectivity index (χ4n) is 3.61. The second-order valence-electron chi connectivity index (χ2n) is 7.32. The molecule has 1 aliphatic rings. The average molecular weight is 663 g/mol. The molecule has 0 aliphatic heterocycles. The van der Waals surface area contributed by atoms with Crippen molar-refractivity contribution < 1.29 is 50.7 Å². The fraction of sp³-hybridized carbons (Fsp3) is 0.0333. The Bertz CT molecular complexity index is 1080. The number of hydrogen-bond donors (Lipinski definition) is 0. The summed E-state index contributed by atoms with van der Waals surface area (Å²) in [6, 6.07) is 49.4. The van der Waals surface area contributed by atoms with E-state index in [9.17, 15) is 0 Å². The van der Waals surface area contributed by atoms with Gasteiger partial charge in [-0.2, -0.15) is 48.0 Å². The first kappa shape index (κ1) is 29.9. The molecule has 1 aliphatic carbocycles. The van der Waals surface area contributed by atoms with Gasteiger partial charge in [-0.15, -0.1) is 5.56 Å². The van der Waals surface area contributed by atoms with Gasteiger partial charge in [0.05, 0.1) is 0 Å². The van der Waals surface area contributed by atoms with E-state index in [0.29, 0.717) is 0 Å². The van der Waals surface area contributed by atoms with Crippen LogP contribution in [-0.4, -0.2) is 9.52 Å². The molecule has 0 heterocycles. The van der Waals surface area contributed by atoms with Gasteiger partial charge < -0.3 is 24.8 Å². The molecule has 5 aromatic carbocycles. The number of hydrogen-bond acceptors (Lipinski definition) is 0. The summed E-state index contributed by atoms with van der Waals surface area (Å²) in [6.07, 6.45) is 1.05. The second-order valence-corrected chi connectivity index (χ2v) is 8.95. The summed E-state index contributed by atoms with van der Waals surface area (Å²) >= 11 is 0. The zero-order chi connectivity index (χ0) is 21.1. The smallest absolute Gasteiger partial charge is 1.00 e. The van der Waals surface area contributed by atoms with Crippen molar-refractivity contribution in [2.45, 2.75) is 6.42 Å². The molecule has 0 atom stereocenters. The maximum Gasteiger partial charge on any atom is 4.00 e. The third-order valence-electron chi connectivity index (χ3n) is 5.10. The number of fused-ring (bicyclic) bond motifs is 3. The van der Waals surface area contributed by atoms with Crippen molar-refractivity contribution in [2.24, 2.45) is 0 Å². The first-order valence-electron chi connectivity index (χ1n) is 10.6. The minimum Gasteiger partial charge on any atom is -1.00 e. The van der Waals surface area contributed by atoms with Gasteiger partial charge in [0.25, 0.3) is 0 Å². The van der Waals surface area contributed by atoms with E-state index in [1.807, 2.05) is 36.4 Å². The fourth-order valence-corrected chi connectivity index (χ4v) is 4.82. The van der Waals surface area contributed by atoms with E-state index in [1.165, 1.54) is 32.6 Å². The third-order valence-corrected chi connectivity index (χ3v) is 6.54. The van der Waals surface area contributed by atoms with Gasteiger partial charge in [-0.25, -0.2) is 12.1 Å². The largest absolute Gasteiger partial charge is 4.00 e. The van der Waals surface area contributed by atoms with Crippen LogP contribution in [0.15, 0.2) is 133 Å². The predicted molar refractivity (Wildman–Crippen MR) is 135 cm³/mol. The van der Waals surface area contributed by atoms with E-state index >= 15 is 0 Å². The van der Waals surface area contributed by atoms with Crippen molar-refractivity contribution in [2.75, 3.05) is 0 Å². The van der Waals surface area contributed by atoms with E-state index in [4.69, 9.17) is 0 Å². The third kappa shape index (κ3) is 8.92. The van der Waals surface area contributed by atoms with Crippen LogP contribution in [0.4, 0.5) is 0 Å². The number of benzene rings is 4. The molecule has 0 aromatic heterocycles. The topological polar surface area (TPSA) is 0 Å². The van der Waals surface area contributed by atoms with Gasteiger partial charge in [-0.1, -0.05) is 106 Å². The summed E-state index contributed by atoms with van der Waals surface area (Å²) < 4.78 is 0. The molecule has 0 spiro atoms. The quantitative estimate of drug-likeness (QED) is 0.174. The molecule has 0 fully saturated rings. The summed E-state index contributed by atoms with van der Waals surface area (Å²) in [5, 5.41) is 2.90. The monoisotopic (exact) mass is 663 g/mol. The number of rotatable bonds is 2. The standard InChI is InChI=1S/C13H9.C12H11Si.C5H5.2ClH.Hf/c1-3-7-12-10(5-1)9-11-6-2-4-8-13(11)12;1-3-7-11(8-4-1)13-12-9-5-2-6-10-12;1-2-4-5-3-1;;;/h1-5,7-8H,9H2;1-10,13H;1-5H;2*1H;/q-1;;-1;;;+4/p-2. The Kier molecular flexibility index (Phi) is 14.5. The van der Waals surface area contributed by atoms with Gasteiger partial charge >= 0.3 is 25.8 Å². The van der Waals surface area contributed by atoms with Gasteiger partial charge in [0.15, 0.2) is 0 Å². The van der Waals surface area contributed by atoms with Crippen molar-refractivity contribution in [1.82, 2.24) is 0 Å². The van der Waals surface area contributed by atoms with E-state index in [-0.39, 0.29) is 60.2 Å². The van der Waals surface area contributed by atoms with Gasteiger partial charge in [-0.3, -0.25) is 0 Å². The van der Waals surface area contributed by atoms with Crippen molar-refractivity contribution in [3.8, 4) is 11.1 Å². The molecule has 0 unspecified atom stereocenters. The maximum atomic E-state index is 3.30. The molecule has 0 nitrogen and oxygen atoms in total. The van der Waals surface area contributed by atoms with Gasteiger partial charge in [0.1, 0.15) is 9.52 Å². The summed E-state index contributed by atoms with van der Waals surface area (Å²) in [6.45, 7) is 0. The minimum absolute atomic E-state index is 0. The van der Waals surface area contributed by atoms with Crippen LogP contribution in [0.25, 0.3) is 11.1 Å². The predicted octanol–water partition coefficient (Wildman–Crippen LogP) is -0.457. The Morgan fingerprint density at radius 2 is 1.12 bits per heavy atom. The summed E-state index contributed by atoms with van der Waals surface area (Å²) in [5.74, 6) is 0. The molecule has 6 rings (SSSR count). The molecule has 34 heavy (non-hydrogen) atoms. The maximum absolute atomic E-state index is 3.30. The van der Waals surface area contributed by atoms with Crippen LogP contribution in [0.3, 0.4) is 0 Å². The first-order valence-corrected chi connectivity index (χ1v) is 11.7. The molecule has 0 N–H and O–H groups in total. The van der Waals surface area contributed by atoms with Crippen molar-refractivity contribution in [3.63, 3.8) is 0 Å². The molecule has 0 saturated heterocycles. The van der Waals surface area contributed by atoms with Crippen molar-refractivity contribution in [1.29, 1.82) is 0 Å². The molecule has 167 valence electrons. The normalized spacial score (nSPS) is 9.65. The molecule has 0 amide bonds. The Hall–Kier alpha value is -2.10. The summed E-state index contributed by atoms with van der Waals surface area (Å²) in [5.41, 5.74) is 5.51. The molecular formula is C30H25Cl2HfSi. The van der Waals surface area contributed by atoms with Crippen LogP contribution in [0.1, 0.15) is 11.1 Å². The van der Waals surface area contributed by atoms with E-state index in [2.05, 4.69) is 103 Å². The molecular weight excluding hydrogens is 638 g/mol. The van der Waals surface area contributed by atoms with Crippen LogP contribution >= 0.6 is 0 Å². The van der Waals surface area contributed by atoms with Gasteiger partial charge in [0, 0.05) is 0 Å². The molecule has 1 radical (unpaired) electrons. The van der Waals surface area contributed by atoms with Crippen LogP contribution in [-0.2, 0) is 32.3 Å². The Labute approximate surface area is 237 Å². The van der Waals surface area contributed by atoms with E-state index in [0.717, 1.165) is 6.42 Å². The SMILES string of the molecule is [Cl-].[Cl-].[Hf+4].[c-]1cccc2c1Cc1ccccc1-2.c1cc[cH-]c1.c1ccc([SiH]c2ccccc2)cc1. The van der Waals surface area contributed by atoms with Crippen LogP contribution < -0.4 is 35.2 Å². The van der Waals surface area contributed by atoms with Crippen LogP contribution in [0.5, 0.6) is 0 Å². The van der Waals surface area contributed by atoms with Crippen molar-refractivity contribution in [3.05, 3.63) is 151 Å². The van der Waals surface area contributed by atoms with E-state index in [1.54, 1.807) is 0 Å². The minimum atomic E-state index is 0. The zero-order valence-corrected chi connectivity index (χ0v) is 25.0. The number of halogens is 2. The molecule has 0 saturated carbocycles. The van der Waals surface area contributed by atoms with Crippen molar-refractivity contribution >= 4 is 19.9 Å².